The van der Waals surface area contributed by atoms with Gasteiger partial charge in [0.1, 0.15) is 23.5 Å². The molecule has 0 saturated heterocycles. The number of halogens is 1. The summed E-state index contributed by atoms with van der Waals surface area (Å²) in [5.74, 6) is -0.105. The molecule has 1 aromatic heterocycles. The van der Waals surface area contributed by atoms with Gasteiger partial charge in [-0.15, -0.1) is 0 Å². The van der Waals surface area contributed by atoms with Crippen molar-refractivity contribution in [2.45, 2.75) is 5.24 Å². The third-order valence-corrected chi connectivity index (χ3v) is 1.89. The topological polar surface area (TPSA) is 42.0 Å². The zero-order valence-electron chi connectivity index (χ0n) is 8.47. The van der Waals surface area contributed by atoms with E-state index in [9.17, 15) is 4.79 Å². The third-order valence-electron chi connectivity index (χ3n) is 1.46. The molecule has 0 unspecified atom stereocenters. The fourth-order valence-corrected chi connectivity index (χ4v) is 1.31. The molecule has 0 spiro atoms. The Bertz CT molecular complexity index is 353. The molecule has 0 aliphatic carbocycles. The van der Waals surface area contributed by atoms with Gasteiger partial charge in [-0.25, -0.2) is 0 Å². The van der Waals surface area contributed by atoms with Gasteiger partial charge in [0.15, 0.2) is 0 Å². The van der Waals surface area contributed by atoms with Gasteiger partial charge in [-0.05, 0) is 27.2 Å². The summed E-state index contributed by atoms with van der Waals surface area (Å²) in [4.78, 5) is 15.6. The highest BCUT2D eigenvalue weighted by Crippen LogP contribution is 2.09. The maximum absolute atomic E-state index is 11.6. The summed E-state index contributed by atoms with van der Waals surface area (Å²) in [6, 6.07) is 1.74. The first-order chi connectivity index (χ1) is 6.38. The van der Waals surface area contributed by atoms with Crippen molar-refractivity contribution < 1.29 is 4.79 Å². The fourth-order valence-electron chi connectivity index (χ4n) is 0.949. The lowest BCUT2D eigenvalue weighted by molar-refractivity contribution is 0.0952. The Morgan fingerprint density at radius 2 is 2.07 bits per heavy atom. The SMILES string of the molecule is BC(B)(B)NC(=O)c1cncc(Br)c1. The van der Waals surface area contributed by atoms with E-state index in [1.807, 2.05) is 23.5 Å². The molecule has 0 saturated carbocycles. The van der Waals surface area contributed by atoms with Crippen molar-refractivity contribution in [3.8, 4) is 0 Å². The van der Waals surface area contributed by atoms with Crippen molar-refractivity contribution in [3.63, 3.8) is 0 Å². The normalized spacial score (nSPS) is 10.9. The van der Waals surface area contributed by atoms with Crippen LogP contribution in [0.4, 0.5) is 0 Å². The quantitative estimate of drug-likeness (QED) is 0.622. The highest BCUT2D eigenvalue weighted by atomic mass is 79.9. The molecule has 0 radical (unpaired) electrons. The van der Waals surface area contributed by atoms with Crippen LogP contribution in [0.1, 0.15) is 10.4 Å². The number of hydrogen-bond acceptors (Lipinski definition) is 2. The Morgan fingerprint density at radius 3 is 2.57 bits per heavy atom. The maximum Gasteiger partial charge on any atom is 0.251 e. The third kappa shape index (κ3) is 3.58. The van der Waals surface area contributed by atoms with Crippen molar-refractivity contribution in [1.29, 1.82) is 0 Å². The number of carbonyl (C=O) groups excluding carboxylic acids is 1. The molecule has 1 heterocycles. The van der Waals surface area contributed by atoms with Crippen LogP contribution in [-0.4, -0.2) is 39.7 Å². The van der Waals surface area contributed by atoms with Crippen molar-refractivity contribution >= 4 is 45.4 Å². The highest BCUT2D eigenvalue weighted by Gasteiger charge is 2.15. The van der Waals surface area contributed by atoms with Crippen LogP contribution >= 0.6 is 15.9 Å². The molecule has 0 fully saturated rings. The number of hydrogen-bond donors (Lipinski definition) is 1. The monoisotopic (exact) mass is 250 g/mol. The largest absolute Gasteiger partial charge is 0.370 e. The summed E-state index contributed by atoms with van der Waals surface area (Å²) in [5, 5.41) is 2.64. The van der Waals surface area contributed by atoms with Gasteiger partial charge in [0.05, 0.1) is 5.56 Å². The summed E-state index contributed by atoms with van der Waals surface area (Å²) in [6.07, 6.45) is 3.19. The zero-order chi connectivity index (χ0) is 10.8. The highest BCUT2D eigenvalue weighted by molar-refractivity contribution is 9.10. The second-order valence-corrected chi connectivity index (χ2v) is 5.01. The van der Waals surface area contributed by atoms with Crippen molar-refractivity contribution in [3.05, 3.63) is 28.5 Å². The van der Waals surface area contributed by atoms with Crippen molar-refractivity contribution in [2.75, 3.05) is 0 Å². The van der Waals surface area contributed by atoms with Gasteiger partial charge in [-0.3, -0.25) is 9.78 Å². The summed E-state index contributed by atoms with van der Waals surface area (Å²) in [5.41, 5.74) is 0.564. The molecule has 70 valence electrons. The van der Waals surface area contributed by atoms with Gasteiger partial charge in [0.25, 0.3) is 5.91 Å². The van der Waals surface area contributed by atoms with Crippen LogP contribution in [0.25, 0.3) is 0 Å². The first-order valence-electron chi connectivity index (χ1n) is 4.31. The molecule has 14 heavy (non-hydrogen) atoms. The van der Waals surface area contributed by atoms with E-state index in [0.717, 1.165) is 4.47 Å². The number of nitrogens with one attached hydrogen (secondary N) is 1. The first-order valence-corrected chi connectivity index (χ1v) is 5.11. The van der Waals surface area contributed by atoms with E-state index in [1.165, 1.54) is 0 Å². The minimum atomic E-state index is -0.223. The fraction of sp³-hybridized carbons (Fsp3) is 0.143. The molecule has 1 rings (SSSR count). The summed E-state index contributed by atoms with van der Waals surface area (Å²) in [7, 11) is 5.82. The van der Waals surface area contributed by atoms with Crippen molar-refractivity contribution in [1.82, 2.24) is 10.3 Å². The Hall–Kier alpha value is -0.705. The van der Waals surface area contributed by atoms with Crippen LogP contribution in [0.15, 0.2) is 22.9 Å². The predicted molar refractivity (Wildman–Crippen MR) is 67.8 cm³/mol. The van der Waals surface area contributed by atoms with Gasteiger partial charge in [-0.2, -0.15) is 0 Å². The summed E-state index contributed by atoms with van der Waals surface area (Å²) < 4.78 is 0.805. The number of amides is 1. The molecule has 1 aromatic rings. The molecule has 0 aromatic carbocycles. The zero-order valence-corrected chi connectivity index (χ0v) is 10.1. The number of nitrogens with zero attached hydrogens (tertiary/aromatic N) is 1. The van der Waals surface area contributed by atoms with Gasteiger partial charge < -0.3 is 5.32 Å². The van der Waals surface area contributed by atoms with Gasteiger partial charge in [0, 0.05) is 16.9 Å². The van der Waals surface area contributed by atoms with E-state index >= 15 is 0 Å². The number of aromatic nitrogens is 1. The maximum atomic E-state index is 11.6. The Kier molecular flexibility index (Phi) is 3.42. The second kappa shape index (κ2) is 4.21. The van der Waals surface area contributed by atoms with Crippen LogP contribution < -0.4 is 5.32 Å². The molecular formula is C7H10B3BrN2O. The van der Waals surface area contributed by atoms with Crippen molar-refractivity contribution in [2.24, 2.45) is 0 Å². The average molecular weight is 251 g/mol. The van der Waals surface area contributed by atoms with E-state index < -0.39 is 0 Å². The smallest absolute Gasteiger partial charge is 0.251 e. The lowest BCUT2D eigenvalue weighted by Crippen LogP contribution is -2.50. The molecule has 0 aliphatic heterocycles. The molecule has 0 aliphatic rings. The van der Waals surface area contributed by atoms with Gasteiger partial charge in [0.2, 0.25) is 0 Å². The van der Waals surface area contributed by atoms with E-state index in [2.05, 4.69) is 26.2 Å². The Labute approximate surface area is 94.4 Å². The summed E-state index contributed by atoms with van der Waals surface area (Å²) >= 11 is 3.27. The Balaban J connectivity index is 2.80. The summed E-state index contributed by atoms with van der Waals surface area (Å²) in [6.45, 7) is 0. The molecule has 0 atom stereocenters. The van der Waals surface area contributed by atoms with Gasteiger partial charge in [-0.1, -0.05) is 0 Å². The lowest BCUT2D eigenvalue weighted by atomic mass is 9.49. The second-order valence-electron chi connectivity index (χ2n) is 4.10. The minimum Gasteiger partial charge on any atom is -0.370 e. The first kappa shape index (κ1) is 11.4. The van der Waals surface area contributed by atoms with Crippen LogP contribution in [-0.2, 0) is 0 Å². The standard InChI is InChI=1S/C7H10B3BrN2O/c8-7(9,10)13-6(14)4-1-5(11)3-12-2-4/h1-3H,8-10H2,(H,13,14). The van der Waals surface area contributed by atoms with E-state index in [0.29, 0.717) is 5.56 Å². The molecule has 3 nitrogen and oxygen atoms in total. The number of rotatable bonds is 2. The van der Waals surface area contributed by atoms with E-state index in [4.69, 9.17) is 0 Å². The lowest BCUT2D eigenvalue weighted by Gasteiger charge is -2.20. The molecule has 1 amide bonds. The molecule has 0 bridgehead atoms. The number of carbonyl (C=O) groups is 1. The van der Waals surface area contributed by atoms with E-state index in [1.54, 1.807) is 18.5 Å². The molecular weight excluding hydrogens is 240 g/mol. The number of pyridine rings is 1. The van der Waals surface area contributed by atoms with Crippen LogP contribution in [0, 0.1) is 0 Å². The average Bonchev–Trinajstić information content (AvgIpc) is 2.01. The minimum absolute atomic E-state index is 0.105. The van der Waals surface area contributed by atoms with E-state index in [-0.39, 0.29) is 11.1 Å². The Morgan fingerprint density at radius 1 is 1.43 bits per heavy atom. The van der Waals surface area contributed by atoms with Crippen LogP contribution in [0.5, 0.6) is 0 Å². The predicted octanol–water partition coefficient (Wildman–Crippen LogP) is -1.92. The van der Waals surface area contributed by atoms with Gasteiger partial charge >= 0.3 is 0 Å². The van der Waals surface area contributed by atoms with Crippen LogP contribution in [0.3, 0.4) is 0 Å². The molecule has 7 heteroatoms. The molecule has 1 N–H and O–H groups in total. The van der Waals surface area contributed by atoms with Crippen LogP contribution in [0.2, 0.25) is 0 Å².